The molecule has 1 aromatic rings. The average Bonchev–Trinajstić information content (AvgIpc) is 2.89. The maximum atomic E-state index is 11.9. The smallest absolute Gasteiger partial charge is 0.307 e. The molecule has 1 aromatic heterocycles. The summed E-state index contributed by atoms with van der Waals surface area (Å²) >= 11 is 0. The van der Waals surface area contributed by atoms with Gasteiger partial charge in [-0.3, -0.25) is 9.59 Å². The first-order valence-corrected chi connectivity index (χ1v) is 5.94. The number of carboxylic acids is 1. The van der Waals surface area contributed by atoms with E-state index in [2.05, 4.69) is 20.0 Å². The highest BCUT2D eigenvalue weighted by Crippen LogP contribution is 2.30. The van der Waals surface area contributed by atoms with Crippen LogP contribution in [0.2, 0.25) is 0 Å². The van der Waals surface area contributed by atoms with Gasteiger partial charge in [0.15, 0.2) is 5.82 Å². The molecule has 98 valence electrons. The average molecular weight is 253 g/mol. The molecule has 1 fully saturated rings. The van der Waals surface area contributed by atoms with Crippen LogP contribution in [0.25, 0.3) is 0 Å². The van der Waals surface area contributed by atoms with E-state index in [9.17, 15) is 9.59 Å². The number of carboxylic acid groups (broad SMARTS) is 1. The van der Waals surface area contributed by atoms with E-state index in [0.717, 1.165) is 12.8 Å². The summed E-state index contributed by atoms with van der Waals surface area (Å²) in [7, 11) is 0. The highest BCUT2D eigenvalue weighted by molar-refractivity contribution is 5.84. The maximum Gasteiger partial charge on any atom is 0.307 e. The first-order chi connectivity index (χ1) is 8.68. The van der Waals surface area contributed by atoms with E-state index in [0.29, 0.717) is 18.7 Å². The Kier molecular flexibility index (Phi) is 3.91. The fourth-order valence-electron chi connectivity index (χ4n) is 2.31. The lowest BCUT2D eigenvalue weighted by molar-refractivity contribution is -0.148. The molecule has 0 saturated heterocycles. The van der Waals surface area contributed by atoms with Crippen molar-refractivity contribution in [1.82, 2.24) is 15.5 Å². The topological polar surface area (TPSA) is 105 Å². The minimum Gasteiger partial charge on any atom is -0.481 e. The SMILES string of the molecule is O=C(O)[C@H]1CCCC[C@H]1C(=O)NCc1ncon1. The molecule has 7 heteroatoms. The molecule has 2 atom stereocenters. The zero-order valence-corrected chi connectivity index (χ0v) is 9.83. The lowest BCUT2D eigenvalue weighted by Crippen LogP contribution is -2.39. The fraction of sp³-hybridized carbons (Fsp3) is 0.636. The second-order valence-corrected chi connectivity index (χ2v) is 4.40. The largest absolute Gasteiger partial charge is 0.481 e. The van der Waals surface area contributed by atoms with Gasteiger partial charge in [0.2, 0.25) is 12.3 Å². The van der Waals surface area contributed by atoms with Crippen LogP contribution < -0.4 is 5.32 Å². The first kappa shape index (κ1) is 12.5. The fourth-order valence-corrected chi connectivity index (χ4v) is 2.31. The molecule has 1 heterocycles. The number of rotatable bonds is 4. The molecule has 0 spiro atoms. The molecule has 7 nitrogen and oxygen atoms in total. The van der Waals surface area contributed by atoms with Crippen LogP contribution in [0.3, 0.4) is 0 Å². The van der Waals surface area contributed by atoms with E-state index in [1.807, 2.05) is 0 Å². The third kappa shape index (κ3) is 2.85. The molecule has 2 rings (SSSR count). The third-order valence-electron chi connectivity index (χ3n) is 3.25. The van der Waals surface area contributed by atoms with Crippen LogP contribution in [0.4, 0.5) is 0 Å². The van der Waals surface area contributed by atoms with Crippen LogP contribution in [0.15, 0.2) is 10.9 Å². The van der Waals surface area contributed by atoms with Crippen LogP contribution in [0, 0.1) is 11.8 Å². The normalized spacial score (nSPS) is 23.6. The van der Waals surface area contributed by atoms with Gasteiger partial charge in [0, 0.05) is 0 Å². The Morgan fingerprint density at radius 2 is 2.11 bits per heavy atom. The Bertz CT molecular complexity index is 418. The van der Waals surface area contributed by atoms with Gasteiger partial charge in [-0.2, -0.15) is 4.98 Å². The minimum absolute atomic E-state index is 0.165. The number of carbonyl (C=O) groups is 2. The molecule has 0 bridgehead atoms. The van der Waals surface area contributed by atoms with Gasteiger partial charge in [0.05, 0.1) is 18.4 Å². The molecular formula is C11H15N3O4. The molecule has 1 amide bonds. The molecular weight excluding hydrogens is 238 g/mol. The molecule has 1 aliphatic carbocycles. The Morgan fingerprint density at radius 1 is 1.39 bits per heavy atom. The summed E-state index contributed by atoms with van der Waals surface area (Å²) in [5, 5.41) is 15.3. The number of amides is 1. The van der Waals surface area contributed by atoms with E-state index in [-0.39, 0.29) is 12.5 Å². The molecule has 18 heavy (non-hydrogen) atoms. The highest BCUT2D eigenvalue weighted by atomic mass is 16.5. The van der Waals surface area contributed by atoms with Gasteiger partial charge in [-0.25, -0.2) is 0 Å². The summed E-state index contributed by atoms with van der Waals surface area (Å²) in [4.78, 5) is 26.8. The Morgan fingerprint density at radius 3 is 2.72 bits per heavy atom. The molecule has 1 aliphatic rings. The lowest BCUT2D eigenvalue weighted by Gasteiger charge is -2.27. The van der Waals surface area contributed by atoms with E-state index in [4.69, 9.17) is 5.11 Å². The molecule has 1 saturated carbocycles. The monoisotopic (exact) mass is 253 g/mol. The molecule has 0 aromatic carbocycles. The number of nitrogens with one attached hydrogen (secondary N) is 1. The van der Waals surface area contributed by atoms with E-state index in [1.54, 1.807) is 0 Å². The van der Waals surface area contributed by atoms with Crippen molar-refractivity contribution in [2.75, 3.05) is 0 Å². The number of hydrogen-bond donors (Lipinski definition) is 2. The van der Waals surface area contributed by atoms with Crippen LogP contribution >= 0.6 is 0 Å². The lowest BCUT2D eigenvalue weighted by atomic mass is 9.79. The van der Waals surface area contributed by atoms with Crippen molar-refractivity contribution < 1.29 is 19.2 Å². The quantitative estimate of drug-likeness (QED) is 0.813. The van der Waals surface area contributed by atoms with Gasteiger partial charge in [-0.05, 0) is 12.8 Å². The van der Waals surface area contributed by atoms with Gasteiger partial charge in [-0.15, -0.1) is 0 Å². The second-order valence-electron chi connectivity index (χ2n) is 4.40. The number of nitrogens with zero attached hydrogens (tertiary/aromatic N) is 2. The van der Waals surface area contributed by atoms with Gasteiger partial charge < -0.3 is 14.9 Å². The zero-order valence-electron chi connectivity index (χ0n) is 9.83. The summed E-state index contributed by atoms with van der Waals surface area (Å²) in [6, 6.07) is 0. The number of hydrogen-bond acceptors (Lipinski definition) is 5. The molecule has 2 N–H and O–H groups in total. The van der Waals surface area contributed by atoms with Crippen molar-refractivity contribution in [3.63, 3.8) is 0 Å². The van der Waals surface area contributed by atoms with Crippen molar-refractivity contribution in [2.24, 2.45) is 11.8 Å². The van der Waals surface area contributed by atoms with E-state index in [1.165, 1.54) is 6.39 Å². The minimum atomic E-state index is -0.894. The van der Waals surface area contributed by atoms with Crippen LogP contribution in [0.1, 0.15) is 31.5 Å². The predicted octanol–water partition coefficient (Wildman–Crippen LogP) is 0.577. The summed E-state index contributed by atoms with van der Waals surface area (Å²) < 4.78 is 4.55. The van der Waals surface area contributed by atoms with Crippen LogP contribution in [0.5, 0.6) is 0 Å². The number of aliphatic carboxylic acids is 1. The van der Waals surface area contributed by atoms with E-state index < -0.39 is 17.8 Å². The Labute approximate surface area is 104 Å². The second kappa shape index (κ2) is 5.61. The van der Waals surface area contributed by atoms with Crippen molar-refractivity contribution in [3.8, 4) is 0 Å². The highest BCUT2D eigenvalue weighted by Gasteiger charge is 2.35. The maximum absolute atomic E-state index is 11.9. The number of carbonyl (C=O) groups excluding carboxylic acids is 1. The summed E-state index contributed by atoms with van der Waals surface area (Å²) in [6.07, 6.45) is 4.13. The zero-order chi connectivity index (χ0) is 13.0. The summed E-state index contributed by atoms with van der Waals surface area (Å²) in [5.74, 6) is -1.79. The molecule has 0 radical (unpaired) electrons. The van der Waals surface area contributed by atoms with Crippen molar-refractivity contribution >= 4 is 11.9 Å². The molecule has 0 unspecified atom stereocenters. The van der Waals surface area contributed by atoms with Crippen LogP contribution in [-0.2, 0) is 16.1 Å². The van der Waals surface area contributed by atoms with Crippen molar-refractivity contribution in [3.05, 3.63) is 12.2 Å². The number of aromatic nitrogens is 2. The van der Waals surface area contributed by atoms with E-state index >= 15 is 0 Å². The first-order valence-electron chi connectivity index (χ1n) is 5.94. The molecule has 0 aliphatic heterocycles. The van der Waals surface area contributed by atoms with Crippen LogP contribution in [-0.4, -0.2) is 27.1 Å². The predicted molar refractivity (Wildman–Crippen MR) is 59.2 cm³/mol. The van der Waals surface area contributed by atoms with Gasteiger partial charge in [0.1, 0.15) is 0 Å². The van der Waals surface area contributed by atoms with Gasteiger partial charge in [0.25, 0.3) is 0 Å². The summed E-state index contributed by atoms with van der Waals surface area (Å²) in [5.41, 5.74) is 0. The van der Waals surface area contributed by atoms with Crippen molar-refractivity contribution in [1.29, 1.82) is 0 Å². The third-order valence-corrected chi connectivity index (χ3v) is 3.25. The summed E-state index contributed by atoms with van der Waals surface area (Å²) in [6.45, 7) is 0.165. The van der Waals surface area contributed by atoms with Gasteiger partial charge >= 0.3 is 5.97 Å². The Hall–Kier alpha value is -1.92. The Balaban J connectivity index is 1.92. The van der Waals surface area contributed by atoms with Gasteiger partial charge in [-0.1, -0.05) is 18.0 Å². The van der Waals surface area contributed by atoms with Crippen molar-refractivity contribution in [2.45, 2.75) is 32.2 Å². The standard InChI is InChI=1S/C11H15N3O4/c15-10(12-5-9-13-6-18-14-9)7-3-1-2-4-8(7)11(16)17/h6-8H,1-5H2,(H,12,15)(H,16,17)/t7-,8+/m1/s1.